The number of hydrogen-bond donors (Lipinski definition) is 1. The van der Waals surface area contributed by atoms with Gasteiger partial charge in [0.05, 0.1) is 5.56 Å². The van der Waals surface area contributed by atoms with Crippen LogP contribution >= 0.6 is 0 Å². The molecule has 4 aromatic rings. The van der Waals surface area contributed by atoms with Crippen LogP contribution in [-0.2, 0) is 0 Å². The number of nitrogens with zero attached hydrogens (tertiary/aromatic N) is 5. The van der Waals surface area contributed by atoms with Crippen molar-refractivity contribution in [3.05, 3.63) is 60.4 Å². The predicted octanol–water partition coefficient (Wildman–Crippen LogP) is 2.88. The molecule has 118 valence electrons. The highest BCUT2D eigenvalue weighted by Crippen LogP contribution is 2.33. The summed E-state index contributed by atoms with van der Waals surface area (Å²) in [6.45, 7) is 1.94. The zero-order valence-electron chi connectivity index (χ0n) is 12.8. The summed E-state index contributed by atoms with van der Waals surface area (Å²) in [6, 6.07) is 6.18. The fourth-order valence-corrected chi connectivity index (χ4v) is 2.57. The van der Waals surface area contributed by atoms with Crippen molar-refractivity contribution in [1.29, 1.82) is 0 Å². The molecule has 0 saturated carbocycles. The van der Waals surface area contributed by atoms with Crippen LogP contribution in [0.25, 0.3) is 28.0 Å². The molecule has 0 amide bonds. The lowest BCUT2D eigenvalue weighted by Gasteiger charge is -2.03. The van der Waals surface area contributed by atoms with Gasteiger partial charge >= 0.3 is 0 Å². The molecule has 0 bridgehead atoms. The molecule has 0 aliphatic heterocycles. The molecule has 0 atom stereocenters. The number of benzene rings is 1. The van der Waals surface area contributed by atoms with E-state index in [9.17, 15) is 4.39 Å². The minimum Gasteiger partial charge on any atom is -0.368 e. The Labute approximate surface area is 136 Å². The van der Waals surface area contributed by atoms with Gasteiger partial charge in [0.2, 0.25) is 5.95 Å². The van der Waals surface area contributed by atoms with Gasteiger partial charge in [0, 0.05) is 35.9 Å². The number of hydrogen-bond acceptors (Lipinski definition) is 5. The van der Waals surface area contributed by atoms with Crippen LogP contribution in [0.4, 0.5) is 10.3 Å². The molecule has 24 heavy (non-hydrogen) atoms. The average molecular weight is 320 g/mol. The van der Waals surface area contributed by atoms with E-state index in [4.69, 9.17) is 5.73 Å². The fourth-order valence-electron chi connectivity index (χ4n) is 2.57. The molecule has 0 radical (unpaired) electrons. The van der Waals surface area contributed by atoms with Crippen molar-refractivity contribution in [3.8, 4) is 22.4 Å². The Morgan fingerprint density at radius 1 is 0.958 bits per heavy atom. The van der Waals surface area contributed by atoms with E-state index in [0.29, 0.717) is 11.3 Å². The van der Waals surface area contributed by atoms with Crippen LogP contribution in [-0.4, -0.2) is 24.6 Å². The van der Waals surface area contributed by atoms with Crippen LogP contribution in [0.1, 0.15) is 5.56 Å². The van der Waals surface area contributed by atoms with E-state index in [0.717, 1.165) is 22.3 Å². The summed E-state index contributed by atoms with van der Waals surface area (Å²) in [4.78, 5) is 12.6. The highest BCUT2D eigenvalue weighted by atomic mass is 19.1. The van der Waals surface area contributed by atoms with E-state index in [1.54, 1.807) is 35.2 Å². The van der Waals surface area contributed by atoms with Crippen LogP contribution in [0.3, 0.4) is 0 Å². The summed E-state index contributed by atoms with van der Waals surface area (Å²) in [5.41, 5.74) is 10.2. The topological polar surface area (TPSA) is 82.0 Å². The van der Waals surface area contributed by atoms with E-state index >= 15 is 0 Å². The van der Waals surface area contributed by atoms with Gasteiger partial charge in [-0.05, 0) is 36.8 Å². The Kier molecular flexibility index (Phi) is 3.19. The number of rotatable bonds is 2. The lowest BCUT2D eigenvalue weighted by atomic mass is 10.0. The van der Waals surface area contributed by atoms with Gasteiger partial charge in [0.25, 0.3) is 0 Å². The van der Waals surface area contributed by atoms with Gasteiger partial charge in [0.1, 0.15) is 11.5 Å². The predicted molar refractivity (Wildman–Crippen MR) is 88.6 cm³/mol. The highest BCUT2D eigenvalue weighted by molar-refractivity contribution is 5.89. The van der Waals surface area contributed by atoms with Gasteiger partial charge in [-0.2, -0.15) is 5.10 Å². The smallest absolute Gasteiger partial charge is 0.219 e. The summed E-state index contributed by atoms with van der Waals surface area (Å²) in [5.74, 6) is -0.101. The molecule has 0 saturated heterocycles. The quantitative estimate of drug-likeness (QED) is 0.614. The maximum absolute atomic E-state index is 13.3. The molecule has 3 heterocycles. The van der Waals surface area contributed by atoms with E-state index < -0.39 is 0 Å². The SMILES string of the molecule is Cc1cnc2c(-c3cnc(N)nc3)c(-c3ccc(F)cc3)nn2c1. The van der Waals surface area contributed by atoms with Crippen LogP contribution < -0.4 is 5.73 Å². The second-order valence-electron chi connectivity index (χ2n) is 5.46. The standard InChI is InChI=1S/C17H13FN6/c1-10-6-20-16-14(12-7-21-17(19)22-8-12)15(23-24(16)9-10)11-2-4-13(18)5-3-11/h2-9H,1H3,(H2,19,21,22). The number of halogens is 1. The number of aromatic nitrogens is 5. The normalized spacial score (nSPS) is 11.1. The minimum atomic E-state index is -0.297. The van der Waals surface area contributed by atoms with Gasteiger partial charge in [-0.1, -0.05) is 0 Å². The number of nitrogens with two attached hydrogens (primary N) is 1. The third-order valence-electron chi connectivity index (χ3n) is 3.68. The van der Waals surface area contributed by atoms with E-state index in [1.807, 2.05) is 13.1 Å². The van der Waals surface area contributed by atoms with Crippen molar-refractivity contribution in [2.24, 2.45) is 0 Å². The minimum absolute atomic E-state index is 0.197. The molecule has 7 heteroatoms. The maximum atomic E-state index is 13.3. The van der Waals surface area contributed by atoms with Crippen LogP contribution in [0.2, 0.25) is 0 Å². The van der Waals surface area contributed by atoms with E-state index in [1.165, 1.54) is 12.1 Å². The molecule has 6 nitrogen and oxygen atoms in total. The van der Waals surface area contributed by atoms with Crippen LogP contribution in [0.5, 0.6) is 0 Å². The van der Waals surface area contributed by atoms with Crippen molar-refractivity contribution < 1.29 is 4.39 Å². The third-order valence-corrected chi connectivity index (χ3v) is 3.68. The molecule has 0 aliphatic rings. The summed E-state index contributed by atoms with van der Waals surface area (Å²) < 4.78 is 15.0. The second kappa shape index (κ2) is 5.38. The van der Waals surface area contributed by atoms with Gasteiger partial charge in [-0.25, -0.2) is 23.9 Å². The van der Waals surface area contributed by atoms with Crippen LogP contribution in [0.15, 0.2) is 49.1 Å². The van der Waals surface area contributed by atoms with Gasteiger partial charge < -0.3 is 5.73 Å². The largest absolute Gasteiger partial charge is 0.368 e. The first kappa shape index (κ1) is 14.3. The Morgan fingerprint density at radius 2 is 1.67 bits per heavy atom. The molecule has 4 rings (SSSR count). The first-order valence-corrected chi connectivity index (χ1v) is 7.30. The molecular formula is C17H13FN6. The molecular weight excluding hydrogens is 307 g/mol. The summed E-state index contributed by atoms with van der Waals surface area (Å²) in [5, 5.41) is 4.62. The molecule has 2 N–H and O–H groups in total. The van der Waals surface area contributed by atoms with Crippen molar-refractivity contribution in [1.82, 2.24) is 24.6 Å². The van der Waals surface area contributed by atoms with Gasteiger partial charge in [0.15, 0.2) is 5.65 Å². The Morgan fingerprint density at radius 3 is 2.38 bits per heavy atom. The van der Waals surface area contributed by atoms with Crippen molar-refractivity contribution in [2.45, 2.75) is 6.92 Å². The van der Waals surface area contributed by atoms with E-state index in [2.05, 4.69) is 20.1 Å². The maximum Gasteiger partial charge on any atom is 0.219 e. The van der Waals surface area contributed by atoms with Gasteiger partial charge in [-0.15, -0.1) is 0 Å². The summed E-state index contributed by atoms with van der Waals surface area (Å²) in [6.07, 6.45) is 6.92. The lowest BCUT2D eigenvalue weighted by Crippen LogP contribution is -1.94. The molecule has 0 aliphatic carbocycles. The fraction of sp³-hybridized carbons (Fsp3) is 0.0588. The number of aryl methyl sites for hydroxylation is 1. The summed E-state index contributed by atoms with van der Waals surface area (Å²) >= 11 is 0. The molecule has 0 fully saturated rings. The first-order valence-electron chi connectivity index (χ1n) is 7.30. The zero-order chi connectivity index (χ0) is 16.7. The van der Waals surface area contributed by atoms with E-state index in [-0.39, 0.29) is 11.8 Å². The number of nitrogen functional groups attached to an aromatic ring is 1. The van der Waals surface area contributed by atoms with Crippen LogP contribution in [0, 0.1) is 12.7 Å². The van der Waals surface area contributed by atoms with Gasteiger partial charge in [-0.3, -0.25) is 0 Å². The third kappa shape index (κ3) is 2.36. The Balaban J connectivity index is 2.02. The van der Waals surface area contributed by atoms with Crippen molar-refractivity contribution >= 4 is 11.6 Å². The van der Waals surface area contributed by atoms with Crippen molar-refractivity contribution in [2.75, 3.05) is 5.73 Å². The molecule has 0 unspecified atom stereocenters. The second-order valence-corrected chi connectivity index (χ2v) is 5.46. The molecule has 0 spiro atoms. The highest BCUT2D eigenvalue weighted by Gasteiger charge is 2.18. The summed E-state index contributed by atoms with van der Waals surface area (Å²) in [7, 11) is 0. The Bertz CT molecular complexity index is 1020. The Hall–Kier alpha value is -3.35. The molecule has 3 aromatic heterocycles. The zero-order valence-corrected chi connectivity index (χ0v) is 12.8. The van der Waals surface area contributed by atoms with Crippen molar-refractivity contribution in [3.63, 3.8) is 0 Å². The monoisotopic (exact) mass is 320 g/mol. The number of fused-ring (bicyclic) bond motifs is 1. The lowest BCUT2D eigenvalue weighted by molar-refractivity contribution is 0.628. The first-order chi connectivity index (χ1) is 11.6. The molecule has 1 aromatic carbocycles. The number of anilines is 1. The average Bonchev–Trinajstić information content (AvgIpc) is 2.94.